The molecule has 4 aromatic rings. The molecule has 0 atom stereocenters. The predicted octanol–water partition coefficient (Wildman–Crippen LogP) is 4.36. The summed E-state index contributed by atoms with van der Waals surface area (Å²) in [6.07, 6.45) is 2.66. The zero-order valence-corrected chi connectivity index (χ0v) is 16.2. The van der Waals surface area contributed by atoms with Gasteiger partial charge in [0.1, 0.15) is 5.69 Å². The molecule has 0 radical (unpaired) electrons. The normalized spacial score (nSPS) is 11.0. The largest absolute Gasteiger partial charge is 0.401 e. The molecule has 2 aromatic heterocycles. The fraction of sp³-hybridized carbons (Fsp3) is 0.182. The third kappa shape index (κ3) is 4.40. The Morgan fingerprint density at radius 1 is 1.00 bits per heavy atom. The molecule has 2 aromatic carbocycles. The summed E-state index contributed by atoms with van der Waals surface area (Å²) in [5.41, 5.74) is 3.44. The van der Waals surface area contributed by atoms with Crippen LogP contribution in [-0.4, -0.2) is 25.9 Å². The van der Waals surface area contributed by atoms with Crippen LogP contribution in [0.25, 0.3) is 11.6 Å². The van der Waals surface area contributed by atoms with Gasteiger partial charge < -0.3 is 4.42 Å². The molecular formula is C22H21N5O2. The van der Waals surface area contributed by atoms with Gasteiger partial charge in [0, 0.05) is 17.8 Å². The SMILES string of the molecule is CC(C)n1ccc(-c2nnc(NC(=O)c3ccc(Cc4ccccc4)cc3)o2)n1. The van der Waals surface area contributed by atoms with Gasteiger partial charge in [0.2, 0.25) is 0 Å². The minimum atomic E-state index is -0.306. The Labute approximate surface area is 168 Å². The summed E-state index contributed by atoms with van der Waals surface area (Å²) in [5, 5.41) is 14.9. The van der Waals surface area contributed by atoms with E-state index in [1.807, 2.05) is 50.4 Å². The van der Waals surface area contributed by atoms with Crippen LogP contribution < -0.4 is 5.32 Å². The number of anilines is 1. The first-order valence-corrected chi connectivity index (χ1v) is 9.42. The summed E-state index contributed by atoms with van der Waals surface area (Å²) in [6, 6.07) is 19.7. The summed E-state index contributed by atoms with van der Waals surface area (Å²) in [7, 11) is 0. The summed E-state index contributed by atoms with van der Waals surface area (Å²) < 4.78 is 7.33. The van der Waals surface area contributed by atoms with Crippen molar-refractivity contribution in [1.82, 2.24) is 20.0 Å². The molecule has 0 fully saturated rings. The minimum Gasteiger partial charge on any atom is -0.401 e. The summed E-state index contributed by atoms with van der Waals surface area (Å²) in [5.74, 6) is -0.0444. The van der Waals surface area contributed by atoms with E-state index in [9.17, 15) is 4.79 Å². The van der Waals surface area contributed by atoms with Gasteiger partial charge in [0.25, 0.3) is 11.8 Å². The monoisotopic (exact) mass is 387 g/mol. The second kappa shape index (κ2) is 8.10. The van der Waals surface area contributed by atoms with Crippen molar-refractivity contribution in [3.8, 4) is 11.6 Å². The lowest BCUT2D eigenvalue weighted by atomic mass is 10.0. The van der Waals surface area contributed by atoms with Gasteiger partial charge in [-0.15, -0.1) is 5.10 Å². The van der Waals surface area contributed by atoms with Crippen molar-refractivity contribution >= 4 is 11.9 Å². The second-order valence-electron chi connectivity index (χ2n) is 7.00. The number of amides is 1. The van der Waals surface area contributed by atoms with E-state index in [1.54, 1.807) is 22.9 Å². The molecule has 0 saturated heterocycles. The standard InChI is InChI=1S/C22H21N5O2/c1-15(2)27-13-12-19(26-27)21-24-25-22(29-21)23-20(28)18-10-8-17(9-11-18)14-16-6-4-3-5-7-16/h3-13,15H,14H2,1-2H3,(H,23,25,28). The first kappa shape index (κ1) is 18.6. The van der Waals surface area contributed by atoms with Gasteiger partial charge in [-0.05, 0) is 49.6 Å². The van der Waals surface area contributed by atoms with Crippen molar-refractivity contribution in [3.63, 3.8) is 0 Å². The molecule has 0 spiro atoms. The first-order chi connectivity index (χ1) is 14.1. The predicted molar refractivity (Wildman–Crippen MR) is 110 cm³/mol. The molecule has 2 heterocycles. The zero-order valence-electron chi connectivity index (χ0n) is 16.2. The topological polar surface area (TPSA) is 85.8 Å². The van der Waals surface area contributed by atoms with E-state index in [-0.39, 0.29) is 23.9 Å². The van der Waals surface area contributed by atoms with Crippen LogP contribution in [0.2, 0.25) is 0 Å². The Kier molecular flexibility index (Phi) is 5.20. The number of carbonyl (C=O) groups excluding carboxylic acids is 1. The Balaban J connectivity index is 1.41. The molecule has 0 aliphatic rings. The van der Waals surface area contributed by atoms with Crippen molar-refractivity contribution in [2.45, 2.75) is 26.3 Å². The van der Waals surface area contributed by atoms with E-state index in [1.165, 1.54) is 5.56 Å². The first-order valence-electron chi connectivity index (χ1n) is 9.42. The lowest BCUT2D eigenvalue weighted by molar-refractivity contribution is 0.102. The maximum atomic E-state index is 12.5. The van der Waals surface area contributed by atoms with E-state index >= 15 is 0 Å². The van der Waals surface area contributed by atoms with Crippen LogP contribution in [-0.2, 0) is 6.42 Å². The Morgan fingerprint density at radius 3 is 2.41 bits per heavy atom. The molecule has 0 aliphatic heterocycles. The van der Waals surface area contributed by atoms with Crippen LogP contribution in [0.15, 0.2) is 71.3 Å². The molecule has 29 heavy (non-hydrogen) atoms. The highest BCUT2D eigenvalue weighted by atomic mass is 16.4. The van der Waals surface area contributed by atoms with Crippen LogP contribution in [0.5, 0.6) is 0 Å². The lowest BCUT2D eigenvalue weighted by Crippen LogP contribution is -2.12. The number of nitrogens with zero attached hydrogens (tertiary/aromatic N) is 4. The van der Waals surface area contributed by atoms with Gasteiger partial charge in [-0.3, -0.25) is 14.8 Å². The molecule has 146 valence electrons. The van der Waals surface area contributed by atoms with Crippen molar-refractivity contribution in [1.29, 1.82) is 0 Å². The molecule has 7 nitrogen and oxygen atoms in total. The van der Waals surface area contributed by atoms with Crippen molar-refractivity contribution in [3.05, 3.63) is 83.6 Å². The average Bonchev–Trinajstić information content (AvgIpc) is 3.39. The maximum Gasteiger partial charge on any atom is 0.322 e. The van der Waals surface area contributed by atoms with Crippen LogP contribution in [0.3, 0.4) is 0 Å². The third-order valence-electron chi connectivity index (χ3n) is 4.47. The highest BCUT2D eigenvalue weighted by Gasteiger charge is 2.15. The van der Waals surface area contributed by atoms with E-state index in [4.69, 9.17) is 4.42 Å². The highest BCUT2D eigenvalue weighted by molar-refractivity contribution is 6.03. The summed E-state index contributed by atoms with van der Waals surface area (Å²) in [4.78, 5) is 12.5. The summed E-state index contributed by atoms with van der Waals surface area (Å²) >= 11 is 0. The van der Waals surface area contributed by atoms with E-state index < -0.39 is 0 Å². The van der Waals surface area contributed by atoms with Gasteiger partial charge in [-0.1, -0.05) is 47.6 Å². The smallest absolute Gasteiger partial charge is 0.322 e. The van der Waals surface area contributed by atoms with E-state index in [0.29, 0.717) is 11.3 Å². The van der Waals surface area contributed by atoms with Crippen molar-refractivity contribution in [2.75, 3.05) is 5.32 Å². The maximum absolute atomic E-state index is 12.5. The molecule has 0 saturated carbocycles. The molecule has 4 rings (SSSR count). The quantitative estimate of drug-likeness (QED) is 0.531. The number of carbonyl (C=O) groups is 1. The highest BCUT2D eigenvalue weighted by Crippen LogP contribution is 2.19. The van der Waals surface area contributed by atoms with Gasteiger partial charge in [-0.2, -0.15) is 5.10 Å². The second-order valence-corrected chi connectivity index (χ2v) is 7.00. The fourth-order valence-electron chi connectivity index (χ4n) is 2.89. The van der Waals surface area contributed by atoms with Gasteiger partial charge >= 0.3 is 6.01 Å². The van der Waals surface area contributed by atoms with E-state index in [0.717, 1.165) is 12.0 Å². The Morgan fingerprint density at radius 2 is 1.72 bits per heavy atom. The molecule has 7 heteroatoms. The van der Waals surface area contributed by atoms with Gasteiger partial charge in [0.05, 0.1) is 0 Å². The number of hydrogen-bond acceptors (Lipinski definition) is 5. The molecule has 1 N–H and O–H groups in total. The molecule has 1 amide bonds. The van der Waals surface area contributed by atoms with Crippen LogP contribution in [0.4, 0.5) is 6.01 Å². The minimum absolute atomic E-state index is 0.0393. The zero-order chi connectivity index (χ0) is 20.2. The van der Waals surface area contributed by atoms with Crippen molar-refractivity contribution < 1.29 is 9.21 Å². The van der Waals surface area contributed by atoms with Crippen LogP contribution in [0.1, 0.15) is 41.4 Å². The summed E-state index contributed by atoms with van der Waals surface area (Å²) in [6.45, 7) is 4.06. The number of hydrogen-bond donors (Lipinski definition) is 1. The number of rotatable bonds is 6. The molecule has 0 unspecified atom stereocenters. The molecule has 0 aliphatic carbocycles. The van der Waals surface area contributed by atoms with Crippen LogP contribution >= 0.6 is 0 Å². The lowest BCUT2D eigenvalue weighted by Gasteiger charge is -2.04. The molecular weight excluding hydrogens is 366 g/mol. The Bertz CT molecular complexity index is 1100. The van der Waals surface area contributed by atoms with Crippen molar-refractivity contribution in [2.24, 2.45) is 0 Å². The third-order valence-corrected chi connectivity index (χ3v) is 4.47. The number of benzene rings is 2. The molecule has 0 bridgehead atoms. The fourth-order valence-corrected chi connectivity index (χ4v) is 2.89. The number of aromatic nitrogens is 4. The average molecular weight is 387 g/mol. The van der Waals surface area contributed by atoms with E-state index in [2.05, 4.69) is 32.7 Å². The van der Waals surface area contributed by atoms with Gasteiger partial charge in [0.15, 0.2) is 0 Å². The van der Waals surface area contributed by atoms with Gasteiger partial charge in [-0.25, -0.2) is 0 Å². The van der Waals surface area contributed by atoms with Crippen LogP contribution in [0, 0.1) is 0 Å². The number of nitrogens with one attached hydrogen (secondary N) is 1. The Hall–Kier alpha value is -3.74.